The molecule has 148 valence electrons. The van der Waals surface area contributed by atoms with E-state index in [4.69, 9.17) is 11.1 Å². The highest BCUT2D eigenvalue weighted by molar-refractivity contribution is 5.92. The van der Waals surface area contributed by atoms with Gasteiger partial charge in [0.2, 0.25) is 0 Å². The third-order valence-corrected chi connectivity index (χ3v) is 7.11. The molecule has 1 amide bonds. The zero-order chi connectivity index (χ0) is 17.9. The number of carbonyl (C=O) groups is 1. The number of nitrogens with one attached hydrogen (secondary N) is 1. The number of nitrogens with two attached hydrogens (primary N) is 1. The van der Waals surface area contributed by atoms with E-state index in [-0.39, 0.29) is 29.8 Å². The lowest BCUT2D eigenvalue weighted by Gasteiger charge is -2.56. The second-order valence-corrected chi connectivity index (χ2v) is 8.85. The standard InChI is InChI=1S/C18H27N7O.ClH/c19-17(20)24-3-1-23(2-4-24)16(26)15-11-25(22-21-15)18-8-12-5-13(9-18)7-14(6-12)10-18;/h11-14H,1-10H2,(H3,19,20);1H. The maximum absolute atomic E-state index is 12.8. The second kappa shape index (κ2) is 6.65. The van der Waals surface area contributed by atoms with Crippen LogP contribution in [0.5, 0.6) is 0 Å². The lowest BCUT2D eigenvalue weighted by Crippen LogP contribution is -2.52. The summed E-state index contributed by atoms with van der Waals surface area (Å²) in [6, 6.07) is 0. The quantitative estimate of drug-likeness (QED) is 0.581. The Bertz CT molecular complexity index is 705. The van der Waals surface area contributed by atoms with Gasteiger partial charge in [-0.3, -0.25) is 10.2 Å². The molecule has 8 nitrogen and oxygen atoms in total. The molecule has 4 saturated carbocycles. The van der Waals surface area contributed by atoms with E-state index in [1.807, 2.05) is 10.9 Å². The van der Waals surface area contributed by atoms with Crippen LogP contribution in [0.15, 0.2) is 6.20 Å². The molecule has 1 saturated heterocycles. The van der Waals surface area contributed by atoms with Crippen LogP contribution in [0.2, 0.25) is 0 Å². The number of hydrogen-bond donors (Lipinski definition) is 2. The molecule has 3 N–H and O–H groups in total. The minimum absolute atomic E-state index is 0. The molecule has 0 unspecified atom stereocenters. The SMILES string of the molecule is Cl.N=C(N)N1CCN(C(=O)c2cn(C34CC5CC(CC(C5)C3)C4)nn2)CC1. The summed E-state index contributed by atoms with van der Waals surface area (Å²) < 4.78 is 2.04. The highest BCUT2D eigenvalue weighted by Gasteiger charge is 2.52. The van der Waals surface area contributed by atoms with Crippen LogP contribution in [0, 0.1) is 23.2 Å². The van der Waals surface area contributed by atoms with Crippen molar-refractivity contribution in [3.63, 3.8) is 0 Å². The summed E-state index contributed by atoms with van der Waals surface area (Å²) in [5, 5.41) is 16.2. The third kappa shape index (κ3) is 3.07. The Labute approximate surface area is 165 Å². The van der Waals surface area contributed by atoms with Crippen molar-refractivity contribution in [2.24, 2.45) is 23.5 Å². The minimum atomic E-state index is -0.0517. The molecular formula is C18H28ClN7O. The summed E-state index contributed by atoms with van der Waals surface area (Å²) in [5.74, 6) is 2.53. The summed E-state index contributed by atoms with van der Waals surface area (Å²) in [6.07, 6.45) is 9.67. The molecule has 0 aromatic carbocycles. The number of guanidine groups is 1. The number of rotatable bonds is 2. The van der Waals surface area contributed by atoms with Crippen molar-refractivity contribution >= 4 is 24.3 Å². The molecule has 0 radical (unpaired) electrons. The molecule has 6 rings (SSSR count). The Morgan fingerprint density at radius 3 is 2.07 bits per heavy atom. The van der Waals surface area contributed by atoms with Crippen LogP contribution in [-0.2, 0) is 5.54 Å². The zero-order valence-corrected chi connectivity index (χ0v) is 16.3. The maximum atomic E-state index is 12.8. The minimum Gasteiger partial charge on any atom is -0.370 e. The van der Waals surface area contributed by atoms with Crippen LogP contribution in [0.4, 0.5) is 0 Å². The fraction of sp³-hybridized carbons (Fsp3) is 0.778. The van der Waals surface area contributed by atoms with Crippen LogP contribution in [0.3, 0.4) is 0 Å². The van der Waals surface area contributed by atoms with E-state index in [1.54, 1.807) is 9.80 Å². The zero-order valence-electron chi connectivity index (χ0n) is 15.5. The summed E-state index contributed by atoms with van der Waals surface area (Å²) in [4.78, 5) is 16.4. The van der Waals surface area contributed by atoms with E-state index < -0.39 is 0 Å². The van der Waals surface area contributed by atoms with Crippen molar-refractivity contribution in [1.29, 1.82) is 5.41 Å². The molecule has 0 atom stereocenters. The fourth-order valence-electron chi connectivity index (χ4n) is 6.25. The molecule has 27 heavy (non-hydrogen) atoms. The first-order valence-corrected chi connectivity index (χ1v) is 9.83. The van der Waals surface area contributed by atoms with Crippen LogP contribution < -0.4 is 5.73 Å². The number of carbonyl (C=O) groups excluding carboxylic acids is 1. The van der Waals surface area contributed by atoms with E-state index in [9.17, 15) is 4.79 Å². The fourth-order valence-corrected chi connectivity index (χ4v) is 6.25. The van der Waals surface area contributed by atoms with Gasteiger partial charge in [0.25, 0.3) is 5.91 Å². The number of halogens is 1. The Hall–Kier alpha value is -1.83. The largest absolute Gasteiger partial charge is 0.370 e. The van der Waals surface area contributed by atoms with Crippen molar-refractivity contribution in [2.75, 3.05) is 26.2 Å². The normalized spacial score (nSPS) is 34.4. The predicted octanol–water partition coefficient (Wildman–Crippen LogP) is 1.28. The van der Waals surface area contributed by atoms with Gasteiger partial charge in [0.05, 0.1) is 11.7 Å². The van der Waals surface area contributed by atoms with Gasteiger partial charge in [0.15, 0.2) is 11.7 Å². The van der Waals surface area contributed by atoms with Crippen molar-refractivity contribution in [1.82, 2.24) is 24.8 Å². The van der Waals surface area contributed by atoms with E-state index in [2.05, 4.69) is 10.3 Å². The monoisotopic (exact) mass is 393 g/mol. The first-order chi connectivity index (χ1) is 12.5. The molecular weight excluding hydrogens is 366 g/mol. The molecule has 4 aliphatic carbocycles. The van der Waals surface area contributed by atoms with Gasteiger partial charge in [-0.2, -0.15) is 0 Å². The van der Waals surface area contributed by atoms with Gasteiger partial charge in [0.1, 0.15) is 0 Å². The highest BCUT2D eigenvalue weighted by Crippen LogP contribution is 2.58. The number of hydrogen-bond acceptors (Lipinski definition) is 4. The molecule has 1 aliphatic heterocycles. The predicted molar refractivity (Wildman–Crippen MR) is 103 cm³/mol. The van der Waals surface area contributed by atoms with Gasteiger partial charge < -0.3 is 15.5 Å². The number of amides is 1. The van der Waals surface area contributed by atoms with Gasteiger partial charge in [-0.05, 0) is 56.3 Å². The summed E-state index contributed by atoms with van der Waals surface area (Å²) in [5.41, 5.74) is 6.09. The highest BCUT2D eigenvalue weighted by atomic mass is 35.5. The number of aromatic nitrogens is 3. The van der Waals surface area contributed by atoms with Gasteiger partial charge in [-0.25, -0.2) is 4.68 Å². The van der Waals surface area contributed by atoms with Crippen LogP contribution in [0.1, 0.15) is 49.0 Å². The average Bonchev–Trinajstić information content (AvgIpc) is 3.11. The van der Waals surface area contributed by atoms with Gasteiger partial charge in [-0.1, -0.05) is 5.21 Å². The van der Waals surface area contributed by atoms with Crippen LogP contribution in [-0.4, -0.2) is 62.8 Å². The van der Waals surface area contributed by atoms with E-state index in [0.717, 1.165) is 17.8 Å². The number of nitrogens with zero attached hydrogens (tertiary/aromatic N) is 5. The molecule has 4 bridgehead atoms. The third-order valence-electron chi connectivity index (χ3n) is 7.11. The molecule has 9 heteroatoms. The smallest absolute Gasteiger partial charge is 0.276 e. The van der Waals surface area contributed by atoms with E-state index in [0.29, 0.717) is 31.9 Å². The number of piperazine rings is 1. The van der Waals surface area contributed by atoms with Gasteiger partial charge in [0, 0.05) is 26.2 Å². The lowest BCUT2D eigenvalue weighted by atomic mass is 9.53. The van der Waals surface area contributed by atoms with Crippen molar-refractivity contribution < 1.29 is 4.79 Å². The van der Waals surface area contributed by atoms with E-state index in [1.165, 1.54) is 38.5 Å². The Kier molecular flexibility index (Phi) is 4.56. The molecule has 0 spiro atoms. The van der Waals surface area contributed by atoms with Crippen molar-refractivity contribution in [3.05, 3.63) is 11.9 Å². The molecule has 5 fully saturated rings. The maximum Gasteiger partial charge on any atom is 0.276 e. The molecule has 1 aromatic heterocycles. The van der Waals surface area contributed by atoms with Gasteiger partial charge >= 0.3 is 0 Å². The molecule has 2 heterocycles. The van der Waals surface area contributed by atoms with Crippen LogP contribution >= 0.6 is 12.4 Å². The average molecular weight is 394 g/mol. The Balaban J connectivity index is 0.00000180. The topological polar surface area (TPSA) is 104 Å². The summed E-state index contributed by atoms with van der Waals surface area (Å²) >= 11 is 0. The van der Waals surface area contributed by atoms with Crippen molar-refractivity contribution in [2.45, 2.75) is 44.1 Å². The first-order valence-electron chi connectivity index (χ1n) is 9.83. The Morgan fingerprint density at radius 1 is 1.04 bits per heavy atom. The lowest BCUT2D eigenvalue weighted by molar-refractivity contribution is -0.0502. The van der Waals surface area contributed by atoms with E-state index >= 15 is 0 Å². The second-order valence-electron chi connectivity index (χ2n) is 8.85. The molecule has 1 aromatic rings. The van der Waals surface area contributed by atoms with Gasteiger partial charge in [-0.15, -0.1) is 17.5 Å². The first kappa shape index (κ1) is 18.5. The summed E-state index contributed by atoms with van der Waals surface area (Å²) in [6.45, 7) is 2.35. The molecule has 5 aliphatic rings. The Morgan fingerprint density at radius 2 is 1.56 bits per heavy atom. The van der Waals surface area contributed by atoms with Crippen molar-refractivity contribution in [3.8, 4) is 0 Å². The van der Waals surface area contributed by atoms with Crippen LogP contribution in [0.25, 0.3) is 0 Å². The summed E-state index contributed by atoms with van der Waals surface area (Å²) in [7, 11) is 0.